The zero-order chi connectivity index (χ0) is 52.4. The number of nitrogens with zero attached hydrogens (tertiary/aromatic N) is 2. The number of rotatable bonds is 8. The molecule has 9 aromatic rings. The normalized spacial score (nSPS) is 13.7. The van der Waals surface area contributed by atoms with Crippen LogP contribution in [0, 0.1) is 0 Å². The molecule has 6 heteroatoms. The maximum absolute atomic E-state index is 7.86. The van der Waals surface area contributed by atoms with E-state index >= 15 is 0 Å². The van der Waals surface area contributed by atoms with Crippen LogP contribution in [0.25, 0.3) is 22.3 Å². The molecule has 0 fully saturated rings. The van der Waals surface area contributed by atoms with Gasteiger partial charge in [0.05, 0.1) is 11.4 Å². The fraction of sp³-hybridized carbons (Fsp3) is 0.229. The molecule has 0 radical (unpaired) electrons. The van der Waals surface area contributed by atoms with Crippen LogP contribution in [0.3, 0.4) is 0 Å². The van der Waals surface area contributed by atoms with Crippen LogP contribution in [0.1, 0.15) is 103 Å². The second-order valence-corrected chi connectivity index (χ2v) is 23.6. The van der Waals surface area contributed by atoms with Gasteiger partial charge in [0.2, 0.25) is 0 Å². The van der Waals surface area contributed by atoms with E-state index in [1.165, 1.54) is 55.4 Å². The van der Waals surface area contributed by atoms with E-state index in [0.717, 1.165) is 116 Å². The van der Waals surface area contributed by atoms with Gasteiger partial charge in [-0.05, 0) is 163 Å². The molecule has 13 rings (SSSR count). The molecule has 4 nitrogen and oxygen atoms in total. The average Bonchev–Trinajstić information content (AvgIpc) is 3.44. The van der Waals surface area contributed by atoms with E-state index in [-0.39, 0.29) is 24.3 Å². The second-order valence-electron chi connectivity index (χ2n) is 23.6. The van der Waals surface area contributed by atoms with Crippen molar-refractivity contribution in [2.24, 2.45) is 0 Å². The van der Waals surface area contributed by atoms with Crippen LogP contribution >= 0.6 is 0 Å². The van der Waals surface area contributed by atoms with Crippen molar-refractivity contribution in [1.82, 2.24) is 0 Å². The maximum atomic E-state index is 7.86. The zero-order valence-corrected chi connectivity index (χ0v) is 45.9. The Bertz CT molecular complexity index is 3520. The topological polar surface area (TPSA) is 24.9 Å². The third-order valence-electron chi connectivity index (χ3n) is 17.0. The van der Waals surface area contributed by atoms with E-state index in [2.05, 4.69) is 249 Å². The summed E-state index contributed by atoms with van der Waals surface area (Å²) in [6, 6.07) is 64.9. The van der Waals surface area contributed by atoms with E-state index in [9.17, 15) is 0 Å². The summed E-state index contributed by atoms with van der Waals surface area (Å²) < 4.78 is 15.7. The van der Waals surface area contributed by atoms with Gasteiger partial charge in [0.25, 0.3) is 13.4 Å². The quantitative estimate of drug-likeness (QED) is 0.142. The Balaban J connectivity index is 1.14. The van der Waals surface area contributed by atoms with E-state index < -0.39 is 0 Å². The molecule has 76 heavy (non-hydrogen) atoms. The zero-order valence-electron chi connectivity index (χ0n) is 45.9. The molecule has 0 bridgehead atoms. The molecule has 0 N–H and O–H groups in total. The number of benzene rings is 9. The number of ether oxygens (including phenoxy) is 2. The Morgan fingerprint density at radius 2 is 0.697 bits per heavy atom. The van der Waals surface area contributed by atoms with Crippen LogP contribution in [0.2, 0.25) is 0 Å². The number of hydrogen-bond acceptors (Lipinski definition) is 4. The Hall–Kier alpha value is -7.69. The van der Waals surface area contributed by atoms with Gasteiger partial charge in [-0.25, -0.2) is 0 Å². The van der Waals surface area contributed by atoms with E-state index in [4.69, 9.17) is 9.47 Å². The number of aryl methyl sites for hydroxylation is 4. The lowest BCUT2D eigenvalue weighted by Crippen LogP contribution is -2.64. The molecule has 0 amide bonds. The fourth-order valence-corrected chi connectivity index (χ4v) is 12.5. The molecule has 0 aromatic heterocycles. The van der Waals surface area contributed by atoms with Crippen molar-refractivity contribution >= 4 is 80.3 Å². The van der Waals surface area contributed by atoms with E-state index in [0.29, 0.717) is 0 Å². The lowest BCUT2D eigenvalue weighted by atomic mass is 9.31. The van der Waals surface area contributed by atoms with Crippen molar-refractivity contribution in [3.05, 3.63) is 203 Å². The summed E-state index contributed by atoms with van der Waals surface area (Å²) in [5.74, 6) is 3.53. The highest BCUT2D eigenvalue weighted by atomic mass is 16.5. The molecule has 0 spiro atoms. The molecular formula is C70H66B2N2O2. The third kappa shape index (κ3) is 7.65. The molecule has 0 unspecified atom stereocenters. The van der Waals surface area contributed by atoms with Crippen molar-refractivity contribution in [1.29, 1.82) is 0 Å². The molecule has 0 saturated heterocycles. The Labute approximate surface area is 451 Å². The fourth-order valence-electron chi connectivity index (χ4n) is 12.5. The first-order valence-corrected chi connectivity index (χ1v) is 27.9. The second kappa shape index (κ2) is 18.0. The average molecular weight is 989 g/mol. The summed E-state index contributed by atoms with van der Waals surface area (Å²) in [6.45, 7) is 22.3. The first-order chi connectivity index (χ1) is 36.7. The third-order valence-corrected chi connectivity index (χ3v) is 17.0. The van der Waals surface area contributed by atoms with Gasteiger partial charge in [0.15, 0.2) is 0 Å². The summed E-state index contributed by atoms with van der Waals surface area (Å²) in [5.41, 5.74) is 26.3. The molecule has 0 atom stereocenters. The van der Waals surface area contributed by atoms with Crippen LogP contribution < -0.4 is 52.1 Å². The molecule has 0 saturated carbocycles. The standard InChI is InChI=1S/C70H66B2N2O2/c1-11-43-15-31-53(32-16-43)73-59-37-19-45(13-3)39-57(59)71-55-35-25-50(48-23-29-52(30-24-48)70(8,9)10)42-62(55)76-68-63(71)65(73)67-64-66(68)74(54-33-17-44(12-2)18-34-54)60-38-20-46(14-4)40-58(60)72(64)56-36-26-49(41-61(56)75-67)47-21-27-51(28-22-47)69(5,6)7/h15-42H,11-14H2,1-10H3. The molecule has 9 aromatic carbocycles. The summed E-state index contributed by atoms with van der Waals surface area (Å²) in [7, 11) is 0. The molecule has 0 aliphatic carbocycles. The lowest BCUT2D eigenvalue weighted by Gasteiger charge is -2.47. The van der Waals surface area contributed by atoms with Crippen LogP contribution in [0.15, 0.2) is 170 Å². The van der Waals surface area contributed by atoms with Gasteiger partial charge in [-0.3, -0.25) is 0 Å². The van der Waals surface area contributed by atoms with Crippen molar-refractivity contribution in [2.45, 2.75) is 106 Å². The molecule has 4 aliphatic heterocycles. The highest BCUT2D eigenvalue weighted by Crippen LogP contribution is 2.54. The molecule has 4 aliphatic rings. The van der Waals surface area contributed by atoms with Crippen LogP contribution in [0.5, 0.6) is 23.0 Å². The Morgan fingerprint density at radius 3 is 1.04 bits per heavy atom. The number of anilines is 6. The molecular weight excluding hydrogens is 922 g/mol. The minimum Gasteiger partial charge on any atom is -0.456 e. The van der Waals surface area contributed by atoms with Gasteiger partial charge in [-0.1, -0.05) is 191 Å². The SMILES string of the molecule is CCc1ccc(N2c3ccc(CC)cc3B3c4ccc(-c5ccc(C(C)(C)C)cc5)cc4Oc4c3c2c2c3c4N(c4ccc(CC)cc4)c4ccc(CC)cc4B3c3ccc(-c4ccc(C(C)(C)C)cc4)cc3O2)cc1. The summed E-state index contributed by atoms with van der Waals surface area (Å²) in [5, 5.41) is 0. The summed E-state index contributed by atoms with van der Waals surface area (Å²) in [4.78, 5) is 5.02. The monoisotopic (exact) mass is 989 g/mol. The summed E-state index contributed by atoms with van der Waals surface area (Å²) in [6.07, 6.45) is 3.77. The van der Waals surface area contributed by atoms with Gasteiger partial charge in [0, 0.05) is 33.7 Å². The highest BCUT2D eigenvalue weighted by Gasteiger charge is 2.52. The van der Waals surface area contributed by atoms with Crippen LogP contribution in [-0.4, -0.2) is 13.4 Å². The van der Waals surface area contributed by atoms with Gasteiger partial charge >= 0.3 is 0 Å². The lowest BCUT2D eigenvalue weighted by molar-refractivity contribution is 0.477. The molecule has 4 heterocycles. The van der Waals surface area contributed by atoms with Crippen molar-refractivity contribution in [2.75, 3.05) is 9.80 Å². The van der Waals surface area contributed by atoms with Crippen LogP contribution in [0.4, 0.5) is 34.1 Å². The van der Waals surface area contributed by atoms with E-state index in [1.54, 1.807) is 0 Å². The predicted molar refractivity (Wildman–Crippen MR) is 324 cm³/mol. The maximum Gasteiger partial charge on any atom is 0.256 e. The minimum atomic E-state index is -0.162. The molecule has 374 valence electrons. The number of hydrogen-bond donors (Lipinski definition) is 0. The largest absolute Gasteiger partial charge is 0.456 e. The Morgan fingerprint density at radius 1 is 0.355 bits per heavy atom. The van der Waals surface area contributed by atoms with Gasteiger partial charge in [0.1, 0.15) is 23.0 Å². The van der Waals surface area contributed by atoms with Gasteiger partial charge < -0.3 is 19.3 Å². The first-order valence-electron chi connectivity index (χ1n) is 27.9. The summed E-state index contributed by atoms with van der Waals surface area (Å²) >= 11 is 0. The van der Waals surface area contributed by atoms with Gasteiger partial charge in [-0.2, -0.15) is 0 Å². The minimum absolute atomic E-state index is 0.0548. The first kappa shape index (κ1) is 48.0. The van der Waals surface area contributed by atoms with E-state index in [1.807, 2.05) is 0 Å². The van der Waals surface area contributed by atoms with Crippen LogP contribution in [-0.2, 0) is 36.5 Å². The number of fused-ring (bicyclic) bond motifs is 10. The van der Waals surface area contributed by atoms with Gasteiger partial charge in [-0.15, -0.1) is 0 Å². The van der Waals surface area contributed by atoms with Crippen molar-refractivity contribution < 1.29 is 9.47 Å². The Kier molecular flexibility index (Phi) is 11.4. The smallest absolute Gasteiger partial charge is 0.256 e. The van der Waals surface area contributed by atoms with Crippen molar-refractivity contribution in [3.8, 4) is 45.3 Å². The highest BCUT2D eigenvalue weighted by molar-refractivity contribution is 7.02. The predicted octanol–water partition coefficient (Wildman–Crippen LogP) is 14.7. The van der Waals surface area contributed by atoms with Crippen molar-refractivity contribution in [3.63, 3.8) is 0 Å².